The fraction of sp³-hybridized carbons (Fsp3) is 0.417. The van der Waals surface area contributed by atoms with E-state index in [1.165, 1.54) is 29.6 Å². The van der Waals surface area contributed by atoms with Crippen LogP contribution in [0.15, 0.2) is 27.4 Å². The molecule has 1 aliphatic rings. The van der Waals surface area contributed by atoms with E-state index in [1.807, 2.05) is 0 Å². The number of nitrogens with zero attached hydrogens (tertiary/aromatic N) is 4. The Labute approximate surface area is 122 Å². The van der Waals surface area contributed by atoms with E-state index >= 15 is 0 Å². The van der Waals surface area contributed by atoms with Crippen LogP contribution in [0, 0.1) is 0 Å². The fourth-order valence-electron chi connectivity index (χ4n) is 2.39. The van der Waals surface area contributed by atoms with E-state index in [9.17, 15) is 24.9 Å². The van der Waals surface area contributed by atoms with Gasteiger partial charge in [0, 0.05) is 14.1 Å². The number of aromatic nitrogens is 4. The normalized spacial score (nSPS) is 22.5. The van der Waals surface area contributed by atoms with Crippen LogP contribution in [0.1, 0.15) is 6.23 Å². The molecule has 1 unspecified atom stereocenters. The highest BCUT2D eigenvalue weighted by atomic mass is 16.5. The molecular weight excluding hydrogens is 296 g/mol. The maximum Gasteiger partial charge on any atom is 0.332 e. The summed E-state index contributed by atoms with van der Waals surface area (Å²) in [5.74, 6) is -1.24. The molecule has 0 spiro atoms. The molecular formula is C12H14N4O6. The Kier molecular flexibility index (Phi) is 3.07. The SMILES string of the molecule is Cn1c(=O)c2c(ncn2C2OC[C@@H](O)C(O)=C2O)n(C)c1=O. The topological polar surface area (TPSA) is 132 Å². The first-order chi connectivity index (χ1) is 10.3. The first kappa shape index (κ1) is 14.4. The second-order valence-electron chi connectivity index (χ2n) is 5.00. The third-order valence-electron chi connectivity index (χ3n) is 3.65. The van der Waals surface area contributed by atoms with Crippen LogP contribution < -0.4 is 11.2 Å². The molecule has 1 aliphatic heterocycles. The lowest BCUT2D eigenvalue weighted by molar-refractivity contribution is -0.0707. The number of aliphatic hydroxyl groups is 3. The molecule has 2 aromatic heterocycles. The standard InChI is InChI=1S/C12H14N4O6/c1-14-9-6(10(20)15(2)12(14)21)16(4-13-9)11-8(19)7(18)5(17)3-22-11/h4-5,11,17-19H,3H2,1-2H3/t5-,11?/m1/s1. The molecule has 0 aliphatic carbocycles. The first-order valence-corrected chi connectivity index (χ1v) is 6.38. The summed E-state index contributed by atoms with van der Waals surface area (Å²) in [5, 5.41) is 29.0. The number of aryl methyl sites for hydroxylation is 1. The quantitative estimate of drug-likeness (QED) is 0.593. The van der Waals surface area contributed by atoms with Crippen LogP contribution in [0.5, 0.6) is 0 Å². The van der Waals surface area contributed by atoms with E-state index < -0.39 is 35.1 Å². The predicted molar refractivity (Wildman–Crippen MR) is 73.5 cm³/mol. The maximum absolute atomic E-state index is 12.3. The van der Waals surface area contributed by atoms with Crippen molar-refractivity contribution in [2.24, 2.45) is 14.1 Å². The van der Waals surface area contributed by atoms with E-state index in [0.717, 1.165) is 4.57 Å². The van der Waals surface area contributed by atoms with Gasteiger partial charge in [-0.25, -0.2) is 9.78 Å². The summed E-state index contributed by atoms with van der Waals surface area (Å²) in [7, 11) is 2.78. The number of hydrogen-bond donors (Lipinski definition) is 3. The van der Waals surface area contributed by atoms with Crippen LogP contribution in [0.4, 0.5) is 0 Å². The molecule has 0 amide bonds. The van der Waals surface area contributed by atoms with E-state index in [0.29, 0.717) is 0 Å². The number of hydrogen-bond acceptors (Lipinski definition) is 7. The number of rotatable bonds is 1. The average Bonchev–Trinajstić information content (AvgIpc) is 2.93. The summed E-state index contributed by atoms with van der Waals surface area (Å²) in [6.45, 7) is -0.258. The van der Waals surface area contributed by atoms with Gasteiger partial charge >= 0.3 is 5.69 Å². The van der Waals surface area contributed by atoms with Gasteiger partial charge in [0.2, 0.25) is 0 Å². The molecule has 10 nitrogen and oxygen atoms in total. The zero-order chi connectivity index (χ0) is 16.2. The molecule has 22 heavy (non-hydrogen) atoms. The van der Waals surface area contributed by atoms with Gasteiger partial charge < -0.3 is 20.1 Å². The highest BCUT2D eigenvalue weighted by molar-refractivity contribution is 5.70. The van der Waals surface area contributed by atoms with Crippen molar-refractivity contribution in [2.75, 3.05) is 6.61 Å². The van der Waals surface area contributed by atoms with Gasteiger partial charge in [0.25, 0.3) is 5.56 Å². The molecule has 3 heterocycles. The maximum atomic E-state index is 12.3. The summed E-state index contributed by atoms with van der Waals surface area (Å²) < 4.78 is 8.55. The highest BCUT2D eigenvalue weighted by Crippen LogP contribution is 2.27. The third-order valence-corrected chi connectivity index (χ3v) is 3.65. The van der Waals surface area contributed by atoms with Crippen LogP contribution in [-0.4, -0.2) is 46.7 Å². The number of imidazole rings is 1. The van der Waals surface area contributed by atoms with Crippen molar-refractivity contribution >= 4 is 11.2 Å². The van der Waals surface area contributed by atoms with Crippen molar-refractivity contribution in [2.45, 2.75) is 12.3 Å². The van der Waals surface area contributed by atoms with Gasteiger partial charge in [0.15, 0.2) is 28.9 Å². The fourth-order valence-corrected chi connectivity index (χ4v) is 2.39. The van der Waals surface area contributed by atoms with E-state index in [4.69, 9.17) is 4.74 Å². The van der Waals surface area contributed by atoms with Crippen LogP contribution in [0.25, 0.3) is 11.2 Å². The lowest BCUT2D eigenvalue weighted by Gasteiger charge is -2.26. The van der Waals surface area contributed by atoms with Gasteiger partial charge in [0.1, 0.15) is 12.4 Å². The van der Waals surface area contributed by atoms with Crippen LogP contribution in [0.2, 0.25) is 0 Å². The molecule has 0 saturated heterocycles. The summed E-state index contributed by atoms with van der Waals surface area (Å²) in [6.07, 6.45) is -1.32. The average molecular weight is 310 g/mol. The zero-order valence-corrected chi connectivity index (χ0v) is 11.8. The van der Waals surface area contributed by atoms with Crippen LogP contribution in [-0.2, 0) is 18.8 Å². The highest BCUT2D eigenvalue weighted by Gasteiger charge is 2.32. The minimum Gasteiger partial charge on any atom is -0.506 e. The van der Waals surface area contributed by atoms with Gasteiger partial charge in [-0.1, -0.05) is 0 Å². The van der Waals surface area contributed by atoms with Crippen molar-refractivity contribution in [1.82, 2.24) is 18.7 Å². The van der Waals surface area contributed by atoms with Gasteiger partial charge in [-0.2, -0.15) is 0 Å². The minimum atomic E-state index is -1.33. The van der Waals surface area contributed by atoms with Crippen LogP contribution >= 0.6 is 0 Å². The molecule has 3 N–H and O–H groups in total. The lowest BCUT2D eigenvalue weighted by atomic mass is 10.2. The third kappa shape index (κ3) is 1.77. The van der Waals surface area contributed by atoms with Crippen molar-refractivity contribution in [3.05, 3.63) is 38.7 Å². The van der Waals surface area contributed by atoms with E-state index in [2.05, 4.69) is 4.98 Å². The Hall–Kier alpha value is -2.59. The molecule has 118 valence electrons. The van der Waals surface area contributed by atoms with Crippen molar-refractivity contribution < 1.29 is 20.1 Å². The summed E-state index contributed by atoms with van der Waals surface area (Å²) in [4.78, 5) is 28.2. The van der Waals surface area contributed by atoms with Crippen molar-refractivity contribution in [3.63, 3.8) is 0 Å². The molecule has 2 aromatic rings. The van der Waals surface area contributed by atoms with Crippen molar-refractivity contribution in [1.29, 1.82) is 0 Å². The molecule has 0 aromatic carbocycles. The number of ether oxygens (including phenoxy) is 1. The Bertz CT molecular complexity index is 905. The summed E-state index contributed by atoms with van der Waals surface area (Å²) in [6, 6.07) is 0. The Morgan fingerprint density at radius 3 is 2.59 bits per heavy atom. The minimum absolute atomic E-state index is 0.0327. The molecule has 2 atom stereocenters. The smallest absolute Gasteiger partial charge is 0.332 e. The number of fused-ring (bicyclic) bond motifs is 1. The van der Waals surface area contributed by atoms with Crippen LogP contribution in [0.3, 0.4) is 0 Å². The monoisotopic (exact) mass is 310 g/mol. The van der Waals surface area contributed by atoms with Gasteiger partial charge in [0.05, 0.1) is 6.61 Å². The molecule has 0 bridgehead atoms. The zero-order valence-electron chi connectivity index (χ0n) is 11.8. The van der Waals surface area contributed by atoms with E-state index in [-0.39, 0.29) is 17.8 Å². The van der Waals surface area contributed by atoms with Gasteiger partial charge in [-0.05, 0) is 0 Å². The Balaban J connectivity index is 2.31. The van der Waals surface area contributed by atoms with Gasteiger partial charge in [-0.15, -0.1) is 0 Å². The lowest BCUT2D eigenvalue weighted by Crippen LogP contribution is -2.38. The molecule has 0 radical (unpaired) electrons. The Morgan fingerprint density at radius 2 is 1.91 bits per heavy atom. The Morgan fingerprint density at radius 1 is 1.23 bits per heavy atom. The largest absolute Gasteiger partial charge is 0.506 e. The summed E-state index contributed by atoms with van der Waals surface area (Å²) >= 11 is 0. The molecule has 0 saturated carbocycles. The number of aliphatic hydroxyl groups excluding tert-OH is 3. The van der Waals surface area contributed by atoms with Gasteiger partial charge in [-0.3, -0.25) is 18.5 Å². The summed E-state index contributed by atoms with van der Waals surface area (Å²) in [5.41, 5.74) is -0.997. The van der Waals surface area contributed by atoms with Crippen molar-refractivity contribution in [3.8, 4) is 0 Å². The second-order valence-corrected chi connectivity index (χ2v) is 5.00. The second kappa shape index (κ2) is 4.71. The molecule has 0 fully saturated rings. The predicted octanol–water partition coefficient (Wildman–Crippen LogP) is -1.35. The molecule has 3 rings (SSSR count). The molecule has 10 heteroatoms. The van der Waals surface area contributed by atoms with E-state index in [1.54, 1.807) is 0 Å². The first-order valence-electron chi connectivity index (χ1n) is 6.38.